The highest BCUT2D eigenvalue weighted by atomic mass is 31.0. The molecule has 1 aliphatic heterocycles. The first-order valence-electron chi connectivity index (χ1n) is 7.63. The highest BCUT2D eigenvalue weighted by Gasteiger charge is 2.17. The van der Waals surface area contributed by atoms with E-state index in [1.54, 1.807) is 17.0 Å². The zero-order valence-electron chi connectivity index (χ0n) is 13.3. The van der Waals surface area contributed by atoms with Crippen molar-refractivity contribution >= 4 is 27.2 Å². The molecule has 1 aliphatic rings. The van der Waals surface area contributed by atoms with Crippen LogP contribution in [-0.4, -0.2) is 47.5 Å². The van der Waals surface area contributed by atoms with E-state index in [4.69, 9.17) is 4.74 Å². The molecule has 3 rings (SSSR count). The topological polar surface area (TPSA) is 75.5 Å². The van der Waals surface area contributed by atoms with Crippen molar-refractivity contribution in [3.8, 4) is 0 Å². The van der Waals surface area contributed by atoms with Gasteiger partial charge in [0.25, 0.3) is 0 Å². The van der Waals surface area contributed by atoms with Crippen molar-refractivity contribution < 1.29 is 13.5 Å². The molecule has 1 saturated heterocycles. The number of pyridine rings is 1. The van der Waals surface area contributed by atoms with E-state index in [9.17, 15) is 8.78 Å². The normalized spacial score (nSPS) is 16.2. The molecule has 3 heterocycles. The predicted octanol–water partition coefficient (Wildman–Crippen LogP) is 2.14. The average Bonchev–Trinajstić information content (AvgIpc) is 2.64. The molecule has 132 valence electrons. The molecular formula is C15H17F2N6OP. The summed E-state index contributed by atoms with van der Waals surface area (Å²) in [6.07, 6.45) is 4.01. The summed E-state index contributed by atoms with van der Waals surface area (Å²) in [5.41, 5.74) is 3.59. The Morgan fingerprint density at radius 3 is 2.92 bits per heavy atom. The van der Waals surface area contributed by atoms with E-state index in [1.165, 1.54) is 12.4 Å². The lowest BCUT2D eigenvalue weighted by atomic mass is 10.2. The number of aromatic nitrogens is 3. The molecular weight excluding hydrogens is 349 g/mol. The van der Waals surface area contributed by atoms with Gasteiger partial charge in [-0.1, -0.05) is 9.24 Å². The average molecular weight is 366 g/mol. The number of nitrogens with one attached hydrogen (secondary N) is 1. The lowest BCUT2D eigenvalue weighted by Crippen LogP contribution is -2.37. The van der Waals surface area contributed by atoms with Gasteiger partial charge in [-0.3, -0.25) is 4.98 Å². The van der Waals surface area contributed by atoms with Crippen molar-refractivity contribution in [3.63, 3.8) is 0 Å². The molecule has 0 aliphatic carbocycles. The van der Waals surface area contributed by atoms with Crippen LogP contribution in [0.1, 0.15) is 17.2 Å². The van der Waals surface area contributed by atoms with Gasteiger partial charge < -0.3 is 9.64 Å². The lowest BCUT2D eigenvalue weighted by Gasteiger charge is -2.27. The van der Waals surface area contributed by atoms with E-state index < -0.39 is 11.7 Å². The SMILES string of the molecule is Fc1cnc(N/N=C\c2cc(C(F)P)ccn2)nc1N1CCOCC1. The summed E-state index contributed by atoms with van der Waals surface area (Å²) in [6, 6.07) is 3.16. The molecule has 0 radical (unpaired) electrons. The van der Waals surface area contributed by atoms with E-state index in [2.05, 4.69) is 34.7 Å². The van der Waals surface area contributed by atoms with Crippen LogP contribution in [0.4, 0.5) is 20.5 Å². The number of halogens is 2. The van der Waals surface area contributed by atoms with Crippen LogP contribution in [0, 0.1) is 5.82 Å². The summed E-state index contributed by atoms with van der Waals surface area (Å²) >= 11 is 0. The number of alkyl halides is 1. The summed E-state index contributed by atoms with van der Waals surface area (Å²) in [7, 11) is 2.07. The lowest BCUT2D eigenvalue weighted by molar-refractivity contribution is 0.122. The molecule has 1 N–H and O–H groups in total. The monoisotopic (exact) mass is 366 g/mol. The second kappa shape index (κ2) is 8.22. The zero-order chi connectivity index (χ0) is 17.6. The van der Waals surface area contributed by atoms with Crippen molar-refractivity contribution in [1.82, 2.24) is 15.0 Å². The van der Waals surface area contributed by atoms with E-state index in [1.807, 2.05) is 0 Å². The molecule has 0 bridgehead atoms. The smallest absolute Gasteiger partial charge is 0.245 e. The van der Waals surface area contributed by atoms with E-state index in [0.717, 1.165) is 6.20 Å². The number of hydrogen-bond donors (Lipinski definition) is 1. The quantitative estimate of drug-likeness (QED) is 0.496. The van der Waals surface area contributed by atoms with Crippen LogP contribution in [0.25, 0.3) is 0 Å². The second-order valence-electron chi connectivity index (χ2n) is 5.25. The van der Waals surface area contributed by atoms with E-state index in [-0.39, 0.29) is 11.8 Å². The van der Waals surface area contributed by atoms with Gasteiger partial charge in [0, 0.05) is 19.3 Å². The minimum absolute atomic E-state index is 0.157. The molecule has 2 aromatic rings. The molecule has 10 heteroatoms. The van der Waals surface area contributed by atoms with Crippen molar-refractivity contribution in [1.29, 1.82) is 0 Å². The van der Waals surface area contributed by atoms with Crippen LogP contribution in [0.15, 0.2) is 29.6 Å². The van der Waals surface area contributed by atoms with Gasteiger partial charge in [0.1, 0.15) is 5.91 Å². The number of ether oxygens (including phenoxy) is 1. The van der Waals surface area contributed by atoms with Crippen LogP contribution in [0.2, 0.25) is 0 Å². The minimum atomic E-state index is -1.17. The Hall–Kier alpha value is -2.25. The Kier molecular flexibility index (Phi) is 5.78. The van der Waals surface area contributed by atoms with Gasteiger partial charge >= 0.3 is 0 Å². The minimum Gasteiger partial charge on any atom is -0.378 e. The van der Waals surface area contributed by atoms with Crippen molar-refractivity contribution in [2.24, 2.45) is 5.10 Å². The molecule has 2 atom stereocenters. The molecule has 2 unspecified atom stereocenters. The Morgan fingerprint density at radius 1 is 1.36 bits per heavy atom. The summed E-state index contributed by atoms with van der Waals surface area (Å²) in [5, 5.41) is 3.97. The van der Waals surface area contributed by atoms with Crippen LogP contribution < -0.4 is 10.3 Å². The molecule has 0 aromatic carbocycles. The second-order valence-corrected chi connectivity index (χ2v) is 5.84. The molecule has 0 spiro atoms. The van der Waals surface area contributed by atoms with Crippen LogP contribution >= 0.6 is 9.24 Å². The largest absolute Gasteiger partial charge is 0.378 e. The maximum absolute atomic E-state index is 13.9. The Labute approximate surface area is 145 Å². The fourth-order valence-electron chi connectivity index (χ4n) is 2.27. The van der Waals surface area contributed by atoms with Gasteiger partial charge in [-0.05, 0) is 17.7 Å². The molecule has 2 aromatic heterocycles. The van der Waals surface area contributed by atoms with E-state index >= 15 is 0 Å². The van der Waals surface area contributed by atoms with Gasteiger partial charge in [-0.25, -0.2) is 19.2 Å². The molecule has 1 fully saturated rings. The summed E-state index contributed by atoms with van der Waals surface area (Å²) in [4.78, 5) is 13.9. The molecule has 0 amide bonds. The first-order chi connectivity index (χ1) is 12.1. The van der Waals surface area contributed by atoms with Crippen molar-refractivity contribution in [2.75, 3.05) is 36.6 Å². The first kappa shape index (κ1) is 17.6. The summed E-state index contributed by atoms with van der Waals surface area (Å²) in [5.74, 6) is -1.30. The number of nitrogens with zero attached hydrogens (tertiary/aromatic N) is 5. The standard InChI is InChI=1S/C15H17F2N6OP/c16-12-9-19-15(21-14(12)23-3-5-24-6-4-23)22-20-8-11-7-10(13(17)25)1-2-18-11/h1-2,7-9,13H,3-6,25H2,(H,19,21,22)/b20-8-. The predicted molar refractivity (Wildman–Crippen MR) is 94.0 cm³/mol. The number of morpholine rings is 1. The highest BCUT2D eigenvalue weighted by Crippen LogP contribution is 2.23. The van der Waals surface area contributed by atoms with E-state index in [0.29, 0.717) is 37.6 Å². The van der Waals surface area contributed by atoms with Crippen molar-refractivity contribution in [2.45, 2.75) is 5.91 Å². The van der Waals surface area contributed by atoms with Crippen molar-refractivity contribution in [3.05, 3.63) is 41.6 Å². The first-order valence-corrected chi connectivity index (χ1v) is 8.30. The molecule has 25 heavy (non-hydrogen) atoms. The number of rotatable bonds is 5. The fraction of sp³-hybridized carbons (Fsp3) is 0.333. The summed E-state index contributed by atoms with van der Waals surface area (Å²) < 4.78 is 32.5. The summed E-state index contributed by atoms with van der Waals surface area (Å²) in [6.45, 7) is 2.18. The number of anilines is 2. The highest BCUT2D eigenvalue weighted by molar-refractivity contribution is 7.16. The van der Waals surface area contributed by atoms with Gasteiger partial charge in [-0.2, -0.15) is 10.1 Å². The number of hydrazone groups is 1. The third-order valence-corrected chi connectivity index (χ3v) is 3.91. The molecule has 0 saturated carbocycles. The maximum atomic E-state index is 13.9. The Balaban J connectivity index is 1.69. The van der Waals surface area contributed by atoms with Gasteiger partial charge in [0.05, 0.1) is 31.3 Å². The van der Waals surface area contributed by atoms with Gasteiger partial charge in [0.15, 0.2) is 11.6 Å². The fourth-order valence-corrected chi connectivity index (χ4v) is 2.48. The van der Waals surface area contributed by atoms with Gasteiger partial charge in [-0.15, -0.1) is 0 Å². The number of hydrogen-bond acceptors (Lipinski definition) is 7. The Bertz CT molecular complexity index is 755. The molecule has 7 nitrogen and oxygen atoms in total. The zero-order valence-corrected chi connectivity index (χ0v) is 14.4. The third kappa shape index (κ3) is 4.64. The van der Waals surface area contributed by atoms with Crippen LogP contribution in [0.3, 0.4) is 0 Å². The maximum Gasteiger partial charge on any atom is 0.245 e. The van der Waals surface area contributed by atoms with Crippen LogP contribution in [0.5, 0.6) is 0 Å². The Morgan fingerprint density at radius 2 is 2.16 bits per heavy atom. The van der Waals surface area contributed by atoms with Gasteiger partial charge in [0.2, 0.25) is 5.95 Å². The van der Waals surface area contributed by atoms with Crippen LogP contribution in [-0.2, 0) is 4.74 Å². The third-order valence-electron chi connectivity index (χ3n) is 3.52.